The SMILES string of the molecule is CCOc1ccc(C(N)CC(N)=O)cc1F. The van der Waals surface area contributed by atoms with Crippen molar-refractivity contribution in [3.05, 3.63) is 29.6 Å². The number of halogens is 1. The molecule has 1 rings (SSSR count). The van der Waals surface area contributed by atoms with Crippen LogP contribution in [-0.2, 0) is 4.79 Å². The summed E-state index contributed by atoms with van der Waals surface area (Å²) in [6.07, 6.45) is -0.00653. The van der Waals surface area contributed by atoms with Gasteiger partial charge >= 0.3 is 0 Å². The van der Waals surface area contributed by atoms with Gasteiger partial charge in [-0.25, -0.2) is 4.39 Å². The van der Waals surface area contributed by atoms with Crippen molar-refractivity contribution in [1.82, 2.24) is 0 Å². The van der Waals surface area contributed by atoms with Crippen molar-refractivity contribution >= 4 is 5.91 Å². The standard InChI is InChI=1S/C11H15FN2O2/c1-2-16-10-4-3-7(5-8(10)12)9(13)6-11(14)15/h3-5,9H,2,6,13H2,1H3,(H2,14,15). The zero-order chi connectivity index (χ0) is 12.1. The van der Waals surface area contributed by atoms with Crippen LogP contribution in [0.2, 0.25) is 0 Å². The minimum absolute atomic E-state index is 0.00653. The highest BCUT2D eigenvalue weighted by Crippen LogP contribution is 2.22. The Morgan fingerprint density at radius 3 is 2.75 bits per heavy atom. The topological polar surface area (TPSA) is 78.3 Å². The summed E-state index contributed by atoms with van der Waals surface area (Å²) in [4.78, 5) is 10.7. The van der Waals surface area contributed by atoms with E-state index in [9.17, 15) is 9.18 Å². The van der Waals surface area contributed by atoms with Crippen LogP contribution in [0, 0.1) is 5.82 Å². The van der Waals surface area contributed by atoms with Gasteiger partial charge in [0, 0.05) is 12.5 Å². The number of rotatable bonds is 5. The molecular weight excluding hydrogens is 211 g/mol. The molecule has 0 aliphatic carbocycles. The molecule has 4 nitrogen and oxygen atoms in total. The Morgan fingerprint density at radius 2 is 2.25 bits per heavy atom. The van der Waals surface area contributed by atoms with Gasteiger partial charge < -0.3 is 16.2 Å². The van der Waals surface area contributed by atoms with Crippen molar-refractivity contribution in [3.8, 4) is 5.75 Å². The van der Waals surface area contributed by atoms with Gasteiger partial charge in [-0.1, -0.05) is 6.07 Å². The highest BCUT2D eigenvalue weighted by molar-refractivity contribution is 5.74. The van der Waals surface area contributed by atoms with E-state index in [0.717, 1.165) is 0 Å². The maximum absolute atomic E-state index is 13.4. The largest absolute Gasteiger partial charge is 0.491 e. The molecule has 1 atom stereocenters. The molecule has 16 heavy (non-hydrogen) atoms. The molecule has 0 fully saturated rings. The Morgan fingerprint density at radius 1 is 1.56 bits per heavy atom. The first-order chi connectivity index (χ1) is 7.54. The van der Waals surface area contributed by atoms with Crippen LogP contribution in [0.4, 0.5) is 4.39 Å². The fourth-order valence-electron chi connectivity index (χ4n) is 1.35. The Labute approximate surface area is 93.4 Å². The van der Waals surface area contributed by atoms with E-state index in [0.29, 0.717) is 12.2 Å². The first-order valence-electron chi connectivity index (χ1n) is 5.00. The van der Waals surface area contributed by atoms with Crippen molar-refractivity contribution < 1.29 is 13.9 Å². The highest BCUT2D eigenvalue weighted by Gasteiger charge is 2.12. The Balaban J connectivity index is 2.83. The molecule has 0 aliphatic heterocycles. The third kappa shape index (κ3) is 3.20. The molecular formula is C11H15FN2O2. The number of nitrogens with two attached hydrogens (primary N) is 2. The molecule has 88 valence electrons. The van der Waals surface area contributed by atoms with Gasteiger partial charge in [-0.15, -0.1) is 0 Å². The summed E-state index contributed by atoms with van der Waals surface area (Å²) in [5.74, 6) is -0.821. The summed E-state index contributed by atoms with van der Waals surface area (Å²) in [5.41, 5.74) is 11.2. The summed E-state index contributed by atoms with van der Waals surface area (Å²) in [5, 5.41) is 0. The number of ether oxygens (including phenoxy) is 1. The number of primary amides is 1. The molecule has 0 radical (unpaired) electrons. The molecule has 0 spiro atoms. The Kier molecular flexibility index (Phi) is 4.25. The van der Waals surface area contributed by atoms with Crippen LogP contribution >= 0.6 is 0 Å². The van der Waals surface area contributed by atoms with Gasteiger partial charge in [0.25, 0.3) is 0 Å². The fourth-order valence-corrected chi connectivity index (χ4v) is 1.35. The highest BCUT2D eigenvalue weighted by atomic mass is 19.1. The number of benzene rings is 1. The van der Waals surface area contributed by atoms with Gasteiger partial charge in [0.15, 0.2) is 11.6 Å². The quantitative estimate of drug-likeness (QED) is 0.789. The molecule has 0 aliphatic rings. The third-order valence-corrected chi connectivity index (χ3v) is 2.11. The van der Waals surface area contributed by atoms with E-state index in [2.05, 4.69) is 0 Å². The van der Waals surface area contributed by atoms with Crippen LogP contribution in [-0.4, -0.2) is 12.5 Å². The summed E-state index contributed by atoms with van der Waals surface area (Å²) < 4.78 is 18.5. The average Bonchev–Trinajstić information content (AvgIpc) is 2.20. The van der Waals surface area contributed by atoms with Crippen molar-refractivity contribution in [2.75, 3.05) is 6.61 Å². The van der Waals surface area contributed by atoms with E-state index in [1.54, 1.807) is 13.0 Å². The van der Waals surface area contributed by atoms with Gasteiger partial charge in [-0.3, -0.25) is 4.79 Å². The lowest BCUT2D eigenvalue weighted by atomic mass is 10.0. The van der Waals surface area contributed by atoms with Crippen molar-refractivity contribution in [3.63, 3.8) is 0 Å². The summed E-state index contributed by atoms with van der Waals surface area (Å²) in [6.45, 7) is 2.16. The van der Waals surface area contributed by atoms with Gasteiger partial charge in [-0.05, 0) is 24.6 Å². The van der Waals surface area contributed by atoms with E-state index in [-0.39, 0.29) is 12.2 Å². The predicted octanol–water partition coefficient (Wildman–Crippen LogP) is 1.10. The van der Waals surface area contributed by atoms with E-state index < -0.39 is 17.8 Å². The maximum atomic E-state index is 13.4. The van der Waals surface area contributed by atoms with E-state index in [4.69, 9.17) is 16.2 Å². The van der Waals surface area contributed by atoms with Crippen LogP contribution < -0.4 is 16.2 Å². The fraction of sp³-hybridized carbons (Fsp3) is 0.364. The molecule has 5 heteroatoms. The molecule has 4 N–H and O–H groups in total. The van der Waals surface area contributed by atoms with Gasteiger partial charge in [0.1, 0.15) is 0 Å². The van der Waals surface area contributed by atoms with E-state index >= 15 is 0 Å². The molecule has 0 saturated heterocycles. The normalized spacial score (nSPS) is 12.2. The first kappa shape index (κ1) is 12.4. The van der Waals surface area contributed by atoms with Crippen molar-refractivity contribution in [2.24, 2.45) is 11.5 Å². The number of hydrogen-bond donors (Lipinski definition) is 2. The second-order valence-corrected chi connectivity index (χ2v) is 3.40. The first-order valence-corrected chi connectivity index (χ1v) is 5.00. The lowest BCUT2D eigenvalue weighted by molar-refractivity contribution is -0.118. The minimum atomic E-state index is -0.581. The number of carbonyl (C=O) groups excluding carboxylic acids is 1. The molecule has 1 amide bonds. The van der Waals surface area contributed by atoms with Gasteiger partial charge in [-0.2, -0.15) is 0 Å². The molecule has 0 heterocycles. The molecule has 0 aromatic heterocycles. The van der Waals surface area contributed by atoms with Gasteiger partial charge in [0.05, 0.1) is 6.61 Å². The number of amides is 1. The Hall–Kier alpha value is -1.62. The summed E-state index contributed by atoms with van der Waals surface area (Å²) in [6, 6.07) is 3.80. The lowest BCUT2D eigenvalue weighted by Gasteiger charge is -2.11. The maximum Gasteiger partial charge on any atom is 0.219 e. The van der Waals surface area contributed by atoms with Crippen LogP contribution in [0.15, 0.2) is 18.2 Å². The van der Waals surface area contributed by atoms with Crippen LogP contribution in [0.1, 0.15) is 24.9 Å². The Bertz CT molecular complexity index is 382. The zero-order valence-corrected chi connectivity index (χ0v) is 9.07. The van der Waals surface area contributed by atoms with Gasteiger partial charge in [0.2, 0.25) is 5.91 Å². The smallest absolute Gasteiger partial charge is 0.219 e. The third-order valence-electron chi connectivity index (χ3n) is 2.11. The second-order valence-electron chi connectivity index (χ2n) is 3.40. The monoisotopic (exact) mass is 226 g/mol. The minimum Gasteiger partial charge on any atom is -0.491 e. The molecule has 0 saturated carbocycles. The number of carbonyl (C=O) groups is 1. The van der Waals surface area contributed by atoms with Crippen LogP contribution in [0.3, 0.4) is 0 Å². The zero-order valence-electron chi connectivity index (χ0n) is 9.07. The van der Waals surface area contributed by atoms with Crippen molar-refractivity contribution in [1.29, 1.82) is 0 Å². The summed E-state index contributed by atoms with van der Waals surface area (Å²) >= 11 is 0. The van der Waals surface area contributed by atoms with Crippen LogP contribution in [0.25, 0.3) is 0 Å². The average molecular weight is 226 g/mol. The lowest BCUT2D eigenvalue weighted by Crippen LogP contribution is -2.20. The molecule has 1 aromatic rings. The second kappa shape index (κ2) is 5.46. The molecule has 0 bridgehead atoms. The van der Waals surface area contributed by atoms with Crippen molar-refractivity contribution in [2.45, 2.75) is 19.4 Å². The van der Waals surface area contributed by atoms with Crippen LogP contribution in [0.5, 0.6) is 5.75 Å². The van der Waals surface area contributed by atoms with E-state index in [1.807, 2.05) is 0 Å². The van der Waals surface area contributed by atoms with E-state index in [1.165, 1.54) is 12.1 Å². The molecule has 1 aromatic carbocycles. The number of hydrogen-bond acceptors (Lipinski definition) is 3. The molecule has 1 unspecified atom stereocenters. The predicted molar refractivity (Wildman–Crippen MR) is 58.3 cm³/mol. The summed E-state index contributed by atoms with van der Waals surface area (Å²) in [7, 11) is 0.